The molecule has 0 aliphatic carbocycles. The highest BCUT2D eigenvalue weighted by Crippen LogP contribution is 2.26. The molecule has 0 unspecified atom stereocenters. The van der Waals surface area contributed by atoms with Gasteiger partial charge in [-0.15, -0.1) is 0 Å². The Bertz CT molecular complexity index is 1280. The highest BCUT2D eigenvalue weighted by molar-refractivity contribution is 7.92. The number of hydrogen-bond donors (Lipinski definition) is 2. The summed E-state index contributed by atoms with van der Waals surface area (Å²) in [5.41, 5.74) is 3.84. The van der Waals surface area contributed by atoms with E-state index < -0.39 is 10.0 Å². The molecule has 1 aliphatic heterocycles. The average Bonchev–Trinajstić information content (AvgIpc) is 2.81. The maximum atomic E-state index is 12.2. The molecule has 6 bridgehead atoms. The van der Waals surface area contributed by atoms with Crippen LogP contribution in [0.2, 0.25) is 0 Å². The molecule has 3 aromatic rings. The van der Waals surface area contributed by atoms with Crippen LogP contribution < -0.4 is 14.8 Å². The smallest absolute Gasteiger partial charge is 0.232 e. The summed E-state index contributed by atoms with van der Waals surface area (Å²) in [5, 5.41) is 3.23. The van der Waals surface area contributed by atoms with E-state index in [1.807, 2.05) is 49.5 Å². The van der Waals surface area contributed by atoms with Gasteiger partial charge in [0.05, 0.1) is 23.7 Å². The number of sulfonamides is 1. The number of rotatable bonds is 3. The predicted octanol–water partition coefficient (Wildman–Crippen LogP) is 4.42. The normalized spacial score (nSPS) is 15.8. The maximum Gasteiger partial charge on any atom is 0.232 e. The van der Waals surface area contributed by atoms with Crippen LogP contribution in [0.25, 0.3) is 11.3 Å². The summed E-state index contributed by atoms with van der Waals surface area (Å²) in [4.78, 5) is 11.2. The van der Waals surface area contributed by atoms with Crippen LogP contribution in [0.15, 0.2) is 66.9 Å². The van der Waals surface area contributed by atoms with Gasteiger partial charge in [0.2, 0.25) is 16.0 Å². The zero-order valence-electron chi connectivity index (χ0n) is 19.4. The van der Waals surface area contributed by atoms with Crippen LogP contribution in [0.4, 0.5) is 17.3 Å². The number of aromatic nitrogens is 2. The molecule has 0 amide bonds. The van der Waals surface area contributed by atoms with Crippen molar-refractivity contribution in [1.82, 2.24) is 14.9 Å². The van der Waals surface area contributed by atoms with Crippen molar-refractivity contribution < 1.29 is 13.2 Å². The SMILES string of the molecule is CCS(=O)(=O)Nc1cc2cc(c1)Nc1nccc(n1)-c1cccc(c1)OCC/C=C/CN(C)C2. The van der Waals surface area contributed by atoms with Crippen LogP contribution in [0.5, 0.6) is 5.75 Å². The second-order valence-corrected chi connectivity index (χ2v) is 10.2. The molecular formula is C25H29N5O3S. The predicted molar refractivity (Wildman–Crippen MR) is 136 cm³/mol. The van der Waals surface area contributed by atoms with E-state index in [0.29, 0.717) is 30.5 Å². The van der Waals surface area contributed by atoms with Gasteiger partial charge >= 0.3 is 0 Å². The van der Waals surface area contributed by atoms with E-state index in [9.17, 15) is 8.42 Å². The summed E-state index contributed by atoms with van der Waals surface area (Å²) in [6.45, 7) is 3.60. The zero-order chi connectivity index (χ0) is 24.0. The number of fused-ring (bicyclic) bond motifs is 7. The zero-order valence-corrected chi connectivity index (χ0v) is 20.2. The van der Waals surface area contributed by atoms with Gasteiger partial charge in [0.15, 0.2) is 0 Å². The molecular weight excluding hydrogens is 450 g/mol. The molecule has 2 N–H and O–H groups in total. The minimum Gasteiger partial charge on any atom is -0.493 e. The molecule has 0 radical (unpaired) electrons. The summed E-state index contributed by atoms with van der Waals surface area (Å²) in [7, 11) is -1.39. The number of ether oxygens (including phenoxy) is 1. The molecule has 1 aromatic heterocycles. The molecule has 34 heavy (non-hydrogen) atoms. The third kappa shape index (κ3) is 6.55. The van der Waals surface area contributed by atoms with E-state index in [4.69, 9.17) is 4.74 Å². The fraction of sp³-hybridized carbons (Fsp3) is 0.280. The molecule has 2 heterocycles. The monoisotopic (exact) mass is 479 g/mol. The Morgan fingerprint density at radius 2 is 2.03 bits per heavy atom. The van der Waals surface area contributed by atoms with Crippen molar-refractivity contribution in [3.05, 3.63) is 72.4 Å². The Balaban J connectivity index is 1.72. The molecule has 2 aromatic carbocycles. The topological polar surface area (TPSA) is 96.5 Å². The second-order valence-electron chi connectivity index (χ2n) is 8.15. The summed E-state index contributed by atoms with van der Waals surface area (Å²) >= 11 is 0. The standard InChI is InChI=1S/C25H29N5O3S/c1-3-34(31,32)29-22-15-19-14-21(17-22)27-25-26-11-10-24(28-25)20-8-7-9-23(16-20)33-13-6-4-5-12-30(2)18-19/h4-5,7-11,14-17,29H,3,6,12-13,18H2,1-2H3,(H,26,27,28)/b5-4+. The van der Waals surface area contributed by atoms with Gasteiger partial charge in [0, 0.05) is 30.5 Å². The van der Waals surface area contributed by atoms with Gasteiger partial charge in [0.1, 0.15) is 5.75 Å². The van der Waals surface area contributed by atoms with E-state index in [1.165, 1.54) is 0 Å². The van der Waals surface area contributed by atoms with E-state index >= 15 is 0 Å². The molecule has 0 saturated heterocycles. The lowest BCUT2D eigenvalue weighted by Gasteiger charge is -2.17. The Hall–Kier alpha value is -3.43. The molecule has 0 atom stereocenters. The quantitative estimate of drug-likeness (QED) is 0.537. The number of hydrogen-bond acceptors (Lipinski definition) is 7. The van der Waals surface area contributed by atoms with E-state index in [0.717, 1.165) is 35.5 Å². The second kappa shape index (κ2) is 10.7. The van der Waals surface area contributed by atoms with Gasteiger partial charge in [-0.1, -0.05) is 24.3 Å². The minimum atomic E-state index is -3.41. The molecule has 8 nitrogen and oxygen atoms in total. The Labute approximate surface area is 200 Å². The van der Waals surface area contributed by atoms with Crippen LogP contribution in [-0.4, -0.2) is 49.2 Å². The highest BCUT2D eigenvalue weighted by atomic mass is 32.2. The third-order valence-corrected chi connectivity index (χ3v) is 6.58. The van der Waals surface area contributed by atoms with Crippen LogP contribution in [0.3, 0.4) is 0 Å². The summed E-state index contributed by atoms with van der Waals surface area (Å²) in [6.07, 6.45) is 6.72. The Morgan fingerprint density at radius 3 is 2.88 bits per heavy atom. The molecule has 1 aliphatic rings. The molecule has 0 fully saturated rings. The Kier molecular flexibility index (Phi) is 7.44. The Morgan fingerprint density at radius 1 is 1.15 bits per heavy atom. The first kappa shape index (κ1) is 23.7. The van der Waals surface area contributed by atoms with Gasteiger partial charge in [-0.2, -0.15) is 0 Å². The maximum absolute atomic E-state index is 12.2. The van der Waals surface area contributed by atoms with Crippen LogP contribution in [0.1, 0.15) is 18.9 Å². The van der Waals surface area contributed by atoms with E-state index in [2.05, 4.69) is 37.1 Å². The van der Waals surface area contributed by atoms with Crippen molar-refractivity contribution in [3.63, 3.8) is 0 Å². The fourth-order valence-electron chi connectivity index (χ4n) is 3.61. The highest BCUT2D eigenvalue weighted by Gasteiger charge is 2.11. The van der Waals surface area contributed by atoms with Crippen molar-refractivity contribution in [2.75, 3.05) is 36.0 Å². The van der Waals surface area contributed by atoms with E-state index in [1.54, 1.807) is 19.2 Å². The lowest BCUT2D eigenvalue weighted by atomic mass is 10.1. The minimum absolute atomic E-state index is 0.00137. The molecule has 9 heteroatoms. The first-order chi connectivity index (χ1) is 16.4. The molecule has 178 valence electrons. The van der Waals surface area contributed by atoms with Gasteiger partial charge in [-0.05, 0) is 62.4 Å². The van der Waals surface area contributed by atoms with Crippen molar-refractivity contribution in [3.8, 4) is 17.0 Å². The first-order valence-corrected chi connectivity index (χ1v) is 12.9. The van der Waals surface area contributed by atoms with Crippen molar-refractivity contribution in [1.29, 1.82) is 0 Å². The van der Waals surface area contributed by atoms with Crippen molar-refractivity contribution in [2.45, 2.75) is 19.9 Å². The van der Waals surface area contributed by atoms with Crippen molar-refractivity contribution in [2.24, 2.45) is 0 Å². The van der Waals surface area contributed by atoms with Gasteiger partial charge in [0.25, 0.3) is 0 Å². The molecule has 0 saturated carbocycles. The summed E-state index contributed by atoms with van der Waals surface area (Å²) in [6, 6.07) is 15.3. The lowest BCUT2D eigenvalue weighted by molar-refractivity contribution is 0.324. The molecule has 0 spiro atoms. The average molecular weight is 480 g/mol. The first-order valence-electron chi connectivity index (χ1n) is 11.2. The van der Waals surface area contributed by atoms with Crippen LogP contribution >= 0.6 is 0 Å². The largest absolute Gasteiger partial charge is 0.493 e. The summed E-state index contributed by atoms with van der Waals surface area (Å²) < 4.78 is 33.0. The third-order valence-electron chi connectivity index (χ3n) is 5.28. The molecule has 4 rings (SSSR count). The number of likely N-dealkylation sites (N-methyl/N-ethyl adjacent to an activating group) is 1. The number of nitrogens with zero attached hydrogens (tertiary/aromatic N) is 3. The number of anilines is 3. The van der Waals surface area contributed by atoms with Crippen LogP contribution in [0, 0.1) is 0 Å². The lowest BCUT2D eigenvalue weighted by Crippen LogP contribution is -2.19. The van der Waals surface area contributed by atoms with Gasteiger partial charge in [-0.3, -0.25) is 9.62 Å². The van der Waals surface area contributed by atoms with Gasteiger partial charge < -0.3 is 10.1 Å². The fourth-order valence-corrected chi connectivity index (χ4v) is 4.23. The van der Waals surface area contributed by atoms with Crippen LogP contribution in [-0.2, 0) is 16.6 Å². The van der Waals surface area contributed by atoms with Gasteiger partial charge in [-0.25, -0.2) is 18.4 Å². The number of benzene rings is 2. The summed E-state index contributed by atoms with van der Waals surface area (Å²) in [5.74, 6) is 1.21. The van der Waals surface area contributed by atoms with Crippen molar-refractivity contribution >= 4 is 27.3 Å². The van der Waals surface area contributed by atoms with E-state index in [-0.39, 0.29) is 5.75 Å². The number of nitrogens with one attached hydrogen (secondary N) is 2.